The number of esters is 1. The lowest BCUT2D eigenvalue weighted by Crippen LogP contribution is -2.40. The van der Waals surface area contributed by atoms with E-state index in [9.17, 15) is 23.2 Å². The van der Waals surface area contributed by atoms with Gasteiger partial charge in [0, 0.05) is 11.0 Å². The second-order valence-electron chi connectivity index (χ2n) is 5.57. The van der Waals surface area contributed by atoms with Crippen LogP contribution in [0, 0.1) is 11.6 Å². The zero-order chi connectivity index (χ0) is 19.4. The average Bonchev–Trinajstić information content (AvgIpc) is 2.65. The van der Waals surface area contributed by atoms with Crippen LogP contribution in [-0.2, 0) is 19.1 Å². The number of benzene rings is 2. The highest BCUT2D eigenvalue weighted by molar-refractivity contribution is 8.00. The molecule has 2 aromatic rings. The summed E-state index contributed by atoms with van der Waals surface area (Å²) in [7, 11) is 0. The van der Waals surface area contributed by atoms with Crippen LogP contribution in [0.4, 0.5) is 20.2 Å². The van der Waals surface area contributed by atoms with Crippen molar-refractivity contribution in [1.82, 2.24) is 0 Å². The Labute approximate surface area is 157 Å². The zero-order valence-electron chi connectivity index (χ0n) is 13.9. The van der Waals surface area contributed by atoms with Crippen LogP contribution in [0.1, 0.15) is 0 Å². The predicted molar refractivity (Wildman–Crippen MR) is 95.5 cm³/mol. The molecule has 27 heavy (non-hydrogen) atoms. The summed E-state index contributed by atoms with van der Waals surface area (Å²) in [5.41, 5.74) is 0.246. The molecule has 1 heterocycles. The van der Waals surface area contributed by atoms with Crippen LogP contribution in [0.5, 0.6) is 0 Å². The average molecular weight is 392 g/mol. The van der Waals surface area contributed by atoms with Crippen LogP contribution >= 0.6 is 11.8 Å². The Kier molecular flexibility index (Phi) is 5.70. The lowest BCUT2D eigenvalue weighted by atomic mass is 10.2. The van der Waals surface area contributed by atoms with E-state index in [2.05, 4.69) is 5.32 Å². The number of thioether (sulfide) groups is 1. The minimum atomic E-state index is -0.825. The molecule has 0 radical (unpaired) electrons. The van der Waals surface area contributed by atoms with E-state index >= 15 is 0 Å². The van der Waals surface area contributed by atoms with E-state index in [-0.39, 0.29) is 23.9 Å². The monoisotopic (exact) mass is 392 g/mol. The number of hydrogen-bond acceptors (Lipinski definition) is 5. The number of halogens is 2. The molecule has 3 rings (SSSR count). The van der Waals surface area contributed by atoms with Gasteiger partial charge in [0.2, 0.25) is 5.91 Å². The van der Waals surface area contributed by atoms with Gasteiger partial charge in [-0.2, -0.15) is 0 Å². The molecule has 0 bridgehead atoms. The first-order valence-electron chi connectivity index (χ1n) is 7.87. The van der Waals surface area contributed by atoms with E-state index in [1.165, 1.54) is 16.7 Å². The fourth-order valence-corrected chi connectivity index (χ4v) is 3.36. The third kappa shape index (κ3) is 4.62. The van der Waals surface area contributed by atoms with Crippen molar-refractivity contribution in [3.8, 4) is 0 Å². The Morgan fingerprint density at radius 1 is 1.19 bits per heavy atom. The van der Waals surface area contributed by atoms with Crippen molar-refractivity contribution in [1.29, 1.82) is 0 Å². The molecule has 9 heteroatoms. The van der Waals surface area contributed by atoms with Crippen LogP contribution < -0.4 is 10.2 Å². The number of hydrogen-bond donors (Lipinski definition) is 1. The van der Waals surface area contributed by atoms with Crippen LogP contribution in [0.2, 0.25) is 0 Å². The zero-order valence-corrected chi connectivity index (χ0v) is 14.7. The molecule has 2 amide bonds. The lowest BCUT2D eigenvalue weighted by molar-refractivity contribution is -0.146. The molecule has 6 nitrogen and oxygen atoms in total. The van der Waals surface area contributed by atoms with E-state index in [1.807, 2.05) is 12.1 Å². The van der Waals surface area contributed by atoms with Crippen molar-refractivity contribution in [2.24, 2.45) is 0 Å². The molecule has 1 aliphatic heterocycles. The maximum absolute atomic E-state index is 13.5. The molecule has 2 aromatic carbocycles. The van der Waals surface area contributed by atoms with Crippen molar-refractivity contribution in [2.75, 3.05) is 29.1 Å². The molecule has 1 aliphatic rings. The number of nitrogens with one attached hydrogen (secondary N) is 1. The van der Waals surface area contributed by atoms with Crippen molar-refractivity contribution in [3.05, 3.63) is 54.1 Å². The highest BCUT2D eigenvalue weighted by Crippen LogP contribution is 2.34. The van der Waals surface area contributed by atoms with Gasteiger partial charge >= 0.3 is 5.97 Å². The fourth-order valence-electron chi connectivity index (χ4n) is 2.43. The van der Waals surface area contributed by atoms with Gasteiger partial charge in [0.1, 0.15) is 18.2 Å². The molecular weight excluding hydrogens is 378 g/mol. The second-order valence-corrected chi connectivity index (χ2v) is 6.59. The fraction of sp³-hybridized carbons (Fsp3) is 0.167. The first-order chi connectivity index (χ1) is 12.9. The Morgan fingerprint density at radius 3 is 2.78 bits per heavy atom. The van der Waals surface area contributed by atoms with E-state index in [0.717, 1.165) is 23.1 Å². The predicted octanol–water partition coefficient (Wildman–Crippen LogP) is 2.59. The van der Waals surface area contributed by atoms with Gasteiger partial charge in [-0.05, 0) is 24.3 Å². The van der Waals surface area contributed by atoms with Crippen molar-refractivity contribution < 1.29 is 27.9 Å². The number of nitrogens with zero attached hydrogens (tertiary/aromatic N) is 1. The number of fused-ring (bicyclic) bond motifs is 1. The number of anilines is 2. The van der Waals surface area contributed by atoms with Gasteiger partial charge in [-0.25, -0.2) is 8.78 Å². The smallest absolute Gasteiger partial charge is 0.326 e. The number of ether oxygens (including phenoxy) is 1. The molecule has 0 unspecified atom stereocenters. The molecule has 1 N–H and O–H groups in total. The Bertz CT molecular complexity index is 907. The van der Waals surface area contributed by atoms with E-state index in [0.29, 0.717) is 5.69 Å². The third-order valence-corrected chi connectivity index (χ3v) is 4.71. The van der Waals surface area contributed by atoms with Gasteiger partial charge in [-0.1, -0.05) is 12.1 Å². The summed E-state index contributed by atoms with van der Waals surface area (Å²) in [5, 5.41) is 2.12. The summed E-state index contributed by atoms with van der Waals surface area (Å²) in [6.07, 6.45) is 0. The molecule has 0 atom stereocenters. The van der Waals surface area contributed by atoms with Crippen LogP contribution in [0.25, 0.3) is 0 Å². The molecule has 0 saturated carbocycles. The summed E-state index contributed by atoms with van der Waals surface area (Å²) in [6.45, 7) is -1.04. The van der Waals surface area contributed by atoms with Gasteiger partial charge in [0.15, 0.2) is 6.61 Å². The first-order valence-corrected chi connectivity index (χ1v) is 8.85. The van der Waals surface area contributed by atoms with Crippen LogP contribution in [0.15, 0.2) is 47.4 Å². The maximum Gasteiger partial charge on any atom is 0.326 e. The summed E-state index contributed by atoms with van der Waals surface area (Å²) in [4.78, 5) is 38.0. The Hall–Kier alpha value is -2.94. The number of carbonyl (C=O) groups excluding carboxylic acids is 3. The van der Waals surface area contributed by atoms with E-state index < -0.39 is 30.1 Å². The van der Waals surface area contributed by atoms with Crippen molar-refractivity contribution in [2.45, 2.75) is 4.90 Å². The number of amides is 2. The van der Waals surface area contributed by atoms with E-state index in [4.69, 9.17) is 4.74 Å². The first kappa shape index (κ1) is 18.8. The van der Waals surface area contributed by atoms with Gasteiger partial charge < -0.3 is 10.1 Å². The lowest BCUT2D eigenvalue weighted by Gasteiger charge is -2.27. The molecule has 0 aromatic heterocycles. The summed E-state index contributed by atoms with van der Waals surface area (Å²) >= 11 is 1.38. The quantitative estimate of drug-likeness (QED) is 0.792. The highest BCUT2D eigenvalue weighted by atomic mass is 32.2. The molecule has 0 spiro atoms. The number of rotatable bonds is 5. The standard InChI is InChI=1S/C18H14F2N2O4S/c19-11-5-6-12(20)13(7-11)21-16(23)9-26-18(25)8-22-14-3-1-2-4-15(14)27-10-17(22)24/h1-7H,8-10H2,(H,21,23). The Balaban J connectivity index is 1.56. The summed E-state index contributed by atoms with van der Waals surface area (Å²) < 4.78 is 31.4. The van der Waals surface area contributed by atoms with Gasteiger partial charge in [0.25, 0.3) is 5.91 Å². The molecule has 0 saturated heterocycles. The minimum Gasteiger partial charge on any atom is -0.454 e. The van der Waals surface area contributed by atoms with Crippen LogP contribution in [-0.4, -0.2) is 36.7 Å². The largest absolute Gasteiger partial charge is 0.454 e. The van der Waals surface area contributed by atoms with Gasteiger partial charge in [-0.3, -0.25) is 19.3 Å². The second kappa shape index (κ2) is 8.17. The van der Waals surface area contributed by atoms with Crippen molar-refractivity contribution in [3.63, 3.8) is 0 Å². The highest BCUT2D eigenvalue weighted by Gasteiger charge is 2.27. The van der Waals surface area contributed by atoms with E-state index in [1.54, 1.807) is 12.1 Å². The Morgan fingerprint density at radius 2 is 1.96 bits per heavy atom. The SMILES string of the molecule is O=C(COC(=O)CN1C(=O)CSc2ccccc21)Nc1cc(F)ccc1F. The van der Waals surface area contributed by atoms with Crippen molar-refractivity contribution >= 4 is 40.9 Å². The minimum absolute atomic E-state index is 0.198. The summed E-state index contributed by atoms with van der Waals surface area (Å²) in [5.74, 6) is -3.20. The summed E-state index contributed by atoms with van der Waals surface area (Å²) in [6, 6.07) is 9.73. The topological polar surface area (TPSA) is 75.7 Å². The molecular formula is C18H14F2N2O4S. The number of para-hydroxylation sites is 1. The third-order valence-electron chi connectivity index (χ3n) is 3.66. The molecule has 0 fully saturated rings. The molecule has 0 aliphatic carbocycles. The molecule has 140 valence electrons. The number of carbonyl (C=O) groups is 3. The van der Waals surface area contributed by atoms with Gasteiger partial charge in [0.05, 0.1) is 17.1 Å². The maximum atomic E-state index is 13.5. The normalized spacial score (nSPS) is 13.1. The van der Waals surface area contributed by atoms with Gasteiger partial charge in [-0.15, -0.1) is 11.8 Å². The van der Waals surface area contributed by atoms with Crippen LogP contribution in [0.3, 0.4) is 0 Å².